The molecule has 2 fully saturated rings. The van der Waals surface area contributed by atoms with E-state index in [9.17, 15) is 0 Å². The molecule has 0 aromatic carbocycles. The molecule has 0 bridgehead atoms. The van der Waals surface area contributed by atoms with E-state index < -0.39 is 0 Å². The molecule has 0 spiro atoms. The second-order valence-corrected chi connectivity index (χ2v) is 6.89. The van der Waals surface area contributed by atoms with Gasteiger partial charge in [-0.2, -0.15) is 0 Å². The number of nitrogens with zero attached hydrogens (tertiary/aromatic N) is 1. The van der Waals surface area contributed by atoms with Crippen molar-refractivity contribution in [2.75, 3.05) is 19.6 Å². The summed E-state index contributed by atoms with van der Waals surface area (Å²) in [6.07, 6.45) is 9.90. The molecule has 1 heterocycles. The van der Waals surface area contributed by atoms with Crippen LogP contribution < -0.4 is 5.32 Å². The molecule has 0 radical (unpaired) electrons. The molecule has 1 saturated carbocycles. The zero-order valence-electron chi connectivity index (χ0n) is 13.3. The Morgan fingerprint density at radius 2 is 1.89 bits per heavy atom. The van der Waals surface area contributed by atoms with E-state index in [4.69, 9.17) is 0 Å². The zero-order valence-corrected chi connectivity index (χ0v) is 13.3. The van der Waals surface area contributed by atoms with E-state index in [0.717, 1.165) is 30.5 Å². The Balaban J connectivity index is 1.95. The van der Waals surface area contributed by atoms with Crippen LogP contribution in [0, 0.1) is 11.8 Å². The summed E-state index contributed by atoms with van der Waals surface area (Å²) in [6, 6.07) is 1.55. The zero-order chi connectivity index (χ0) is 13.7. The van der Waals surface area contributed by atoms with Crippen molar-refractivity contribution in [2.24, 2.45) is 11.8 Å². The predicted octanol–water partition coefficient (Wildman–Crippen LogP) is 3.67. The highest BCUT2D eigenvalue weighted by Crippen LogP contribution is 2.30. The van der Waals surface area contributed by atoms with Crippen LogP contribution in [0.5, 0.6) is 0 Å². The third kappa shape index (κ3) is 4.19. The van der Waals surface area contributed by atoms with E-state index >= 15 is 0 Å². The maximum atomic E-state index is 3.76. The summed E-state index contributed by atoms with van der Waals surface area (Å²) in [5.41, 5.74) is 0. The Hall–Kier alpha value is -0.0800. The SMILES string of the molecule is CCNC1CCC(C)CC1N1CCCC(CC)CC1. The maximum Gasteiger partial charge on any atom is 0.0251 e. The van der Waals surface area contributed by atoms with Gasteiger partial charge in [0.15, 0.2) is 0 Å². The molecular formula is C17H34N2. The number of rotatable bonds is 4. The van der Waals surface area contributed by atoms with Gasteiger partial charge in [0.05, 0.1) is 0 Å². The first-order valence-electron chi connectivity index (χ1n) is 8.72. The maximum absolute atomic E-state index is 3.76. The molecule has 1 aliphatic heterocycles. The van der Waals surface area contributed by atoms with Crippen LogP contribution in [0.1, 0.15) is 65.7 Å². The van der Waals surface area contributed by atoms with E-state index in [0.29, 0.717) is 0 Å². The van der Waals surface area contributed by atoms with Gasteiger partial charge in [-0.1, -0.05) is 27.2 Å². The summed E-state index contributed by atoms with van der Waals surface area (Å²) in [7, 11) is 0. The number of likely N-dealkylation sites (tertiary alicyclic amines) is 1. The number of nitrogens with one attached hydrogen (secondary N) is 1. The van der Waals surface area contributed by atoms with Gasteiger partial charge >= 0.3 is 0 Å². The highest BCUT2D eigenvalue weighted by Gasteiger charge is 2.33. The van der Waals surface area contributed by atoms with Gasteiger partial charge in [-0.15, -0.1) is 0 Å². The summed E-state index contributed by atoms with van der Waals surface area (Å²) in [5.74, 6) is 1.91. The van der Waals surface area contributed by atoms with E-state index in [2.05, 4.69) is 31.0 Å². The lowest BCUT2D eigenvalue weighted by Crippen LogP contribution is -2.53. The molecule has 1 N–H and O–H groups in total. The lowest BCUT2D eigenvalue weighted by atomic mass is 9.82. The molecule has 112 valence electrons. The van der Waals surface area contributed by atoms with Gasteiger partial charge < -0.3 is 5.32 Å². The van der Waals surface area contributed by atoms with Gasteiger partial charge in [-0.25, -0.2) is 0 Å². The predicted molar refractivity (Wildman–Crippen MR) is 83.5 cm³/mol. The van der Waals surface area contributed by atoms with Crippen LogP contribution in [-0.4, -0.2) is 36.6 Å². The van der Waals surface area contributed by atoms with Crippen LogP contribution >= 0.6 is 0 Å². The van der Waals surface area contributed by atoms with E-state index in [1.807, 2.05) is 0 Å². The van der Waals surface area contributed by atoms with E-state index in [1.165, 1.54) is 58.0 Å². The minimum atomic E-state index is 0.749. The smallest absolute Gasteiger partial charge is 0.0251 e. The van der Waals surface area contributed by atoms with Crippen molar-refractivity contribution in [3.05, 3.63) is 0 Å². The second kappa shape index (κ2) is 7.64. The first-order chi connectivity index (χ1) is 9.24. The quantitative estimate of drug-likeness (QED) is 0.835. The molecule has 0 aromatic rings. The third-order valence-corrected chi connectivity index (χ3v) is 5.47. The standard InChI is InChI=1S/C17H34N2/c1-4-15-7-6-11-19(12-10-15)17-13-14(3)8-9-16(17)18-5-2/h14-18H,4-13H2,1-3H3. The topological polar surface area (TPSA) is 15.3 Å². The van der Waals surface area contributed by atoms with Crippen molar-refractivity contribution in [3.8, 4) is 0 Å². The number of hydrogen-bond acceptors (Lipinski definition) is 2. The normalized spacial score (nSPS) is 38.1. The summed E-state index contributed by atoms with van der Waals surface area (Å²) in [5, 5.41) is 3.76. The molecule has 0 amide bonds. The van der Waals surface area contributed by atoms with Gasteiger partial charge in [-0.05, 0) is 70.0 Å². The van der Waals surface area contributed by atoms with Crippen LogP contribution in [0.4, 0.5) is 0 Å². The van der Waals surface area contributed by atoms with Crippen LogP contribution in [0.2, 0.25) is 0 Å². The fourth-order valence-corrected chi connectivity index (χ4v) is 4.18. The summed E-state index contributed by atoms with van der Waals surface area (Å²) < 4.78 is 0. The second-order valence-electron chi connectivity index (χ2n) is 6.89. The van der Waals surface area contributed by atoms with Crippen LogP contribution in [0.3, 0.4) is 0 Å². The number of hydrogen-bond donors (Lipinski definition) is 1. The summed E-state index contributed by atoms with van der Waals surface area (Å²) in [6.45, 7) is 10.9. The van der Waals surface area contributed by atoms with Crippen molar-refractivity contribution < 1.29 is 0 Å². The van der Waals surface area contributed by atoms with Gasteiger partial charge in [-0.3, -0.25) is 4.90 Å². The van der Waals surface area contributed by atoms with Crippen LogP contribution in [0.25, 0.3) is 0 Å². The Bertz CT molecular complexity index is 254. The van der Waals surface area contributed by atoms with Gasteiger partial charge in [0, 0.05) is 12.1 Å². The van der Waals surface area contributed by atoms with Crippen molar-refractivity contribution in [3.63, 3.8) is 0 Å². The van der Waals surface area contributed by atoms with Crippen molar-refractivity contribution in [1.82, 2.24) is 10.2 Å². The Morgan fingerprint density at radius 1 is 1.05 bits per heavy atom. The average Bonchev–Trinajstić information content (AvgIpc) is 2.66. The molecule has 1 aliphatic carbocycles. The summed E-state index contributed by atoms with van der Waals surface area (Å²) >= 11 is 0. The monoisotopic (exact) mass is 266 g/mol. The fraction of sp³-hybridized carbons (Fsp3) is 1.00. The molecule has 2 heteroatoms. The highest BCUT2D eigenvalue weighted by molar-refractivity contribution is 4.91. The first kappa shape index (κ1) is 15.3. The molecular weight excluding hydrogens is 232 g/mol. The Labute approximate surface area is 120 Å². The molecule has 19 heavy (non-hydrogen) atoms. The Morgan fingerprint density at radius 3 is 2.63 bits per heavy atom. The van der Waals surface area contributed by atoms with Gasteiger partial charge in [0.25, 0.3) is 0 Å². The van der Waals surface area contributed by atoms with Gasteiger partial charge in [0.2, 0.25) is 0 Å². The third-order valence-electron chi connectivity index (χ3n) is 5.47. The van der Waals surface area contributed by atoms with Crippen molar-refractivity contribution in [2.45, 2.75) is 77.8 Å². The minimum Gasteiger partial charge on any atom is -0.313 e. The van der Waals surface area contributed by atoms with E-state index in [1.54, 1.807) is 0 Å². The molecule has 4 unspecified atom stereocenters. The molecule has 2 rings (SSSR count). The minimum absolute atomic E-state index is 0.749. The molecule has 0 aromatic heterocycles. The van der Waals surface area contributed by atoms with Gasteiger partial charge in [0.1, 0.15) is 0 Å². The molecule has 1 saturated heterocycles. The van der Waals surface area contributed by atoms with E-state index in [-0.39, 0.29) is 0 Å². The summed E-state index contributed by atoms with van der Waals surface area (Å²) in [4.78, 5) is 2.83. The molecule has 2 aliphatic rings. The highest BCUT2D eigenvalue weighted by atomic mass is 15.2. The number of likely N-dealkylation sites (N-methyl/N-ethyl adjacent to an activating group) is 1. The molecule has 4 atom stereocenters. The lowest BCUT2D eigenvalue weighted by molar-refractivity contribution is 0.104. The average molecular weight is 266 g/mol. The Kier molecular flexibility index (Phi) is 6.15. The van der Waals surface area contributed by atoms with Crippen LogP contribution in [0.15, 0.2) is 0 Å². The van der Waals surface area contributed by atoms with Crippen LogP contribution in [-0.2, 0) is 0 Å². The first-order valence-corrected chi connectivity index (χ1v) is 8.72. The lowest BCUT2D eigenvalue weighted by Gasteiger charge is -2.42. The largest absolute Gasteiger partial charge is 0.313 e. The van der Waals surface area contributed by atoms with Crippen molar-refractivity contribution in [1.29, 1.82) is 0 Å². The molecule has 2 nitrogen and oxygen atoms in total. The van der Waals surface area contributed by atoms with Crippen molar-refractivity contribution >= 4 is 0 Å². The fourth-order valence-electron chi connectivity index (χ4n) is 4.18.